The first-order valence-corrected chi connectivity index (χ1v) is 6.11. The van der Waals surface area contributed by atoms with Crippen molar-refractivity contribution in [1.82, 2.24) is 0 Å². The van der Waals surface area contributed by atoms with Crippen molar-refractivity contribution in [2.75, 3.05) is 5.32 Å². The Morgan fingerprint density at radius 3 is 2.94 bits per heavy atom. The van der Waals surface area contributed by atoms with Crippen molar-refractivity contribution >= 4 is 23.2 Å². The summed E-state index contributed by atoms with van der Waals surface area (Å²) in [5, 5.41) is 3.61. The Balaban J connectivity index is 2.34. The zero-order valence-electron chi connectivity index (χ0n) is 9.59. The highest BCUT2D eigenvalue weighted by molar-refractivity contribution is 6.31. The molecule has 1 amide bonds. The molecule has 1 N–H and O–H groups in total. The number of halogens is 1. The molecule has 16 heavy (non-hydrogen) atoms. The van der Waals surface area contributed by atoms with E-state index in [1.54, 1.807) is 0 Å². The van der Waals surface area contributed by atoms with Crippen LogP contribution >= 0.6 is 11.6 Å². The van der Waals surface area contributed by atoms with Gasteiger partial charge < -0.3 is 5.32 Å². The highest BCUT2D eigenvalue weighted by Gasteiger charge is 2.34. The van der Waals surface area contributed by atoms with Crippen LogP contribution in [-0.2, 0) is 4.79 Å². The zero-order valence-corrected chi connectivity index (χ0v) is 10.3. The van der Waals surface area contributed by atoms with Crippen LogP contribution in [-0.4, -0.2) is 5.91 Å². The predicted octanol–water partition coefficient (Wildman–Crippen LogP) is 3.81. The van der Waals surface area contributed by atoms with E-state index in [-0.39, 0.29) is 11.8 Å². The van der Waals surface area contributed by atoms with Gasteiger partial charge in [-0.25, -0.2) is 0 Å². The van der Waals surface area contributed by atoms with Gasteiger partial charge in [-0.05, 0) is 36.1 Å². The molecule has 0 saturated carbocycles. The van der Waals surface area contributed by atoms with Crippen LogP contribution < -0.4 is 5.32 Å². The molecule has 3 heteroatoms. The lowest BCUT2D eigenvalue weighted by Crippen LogP contribution is -2.18. The zero-order chi connectivity index (χ0) is 11.7. The summed E-state index contributed by atoms with van der Waals surface area (Å²) >= 11 is 5.98. The quantitative estimate of drug-likeness (QED) is 0.851. The lowest BCUT2D eigenvalue weighted by Gasteiger charge is -2.17. The molecular formula is C13H16ClNO. The summed E-state index contributed by atoms with van der Waals surface area (Å²) in [5.41, 5.74) is 1.97. The van der Waals surface area contributed by atoms with Crippen molar-refractivity contribution in [3.63, 3.8) is 0 Å². The van der Waals surface area contributed by atoms with E-state index in [2.05, 4.69) is 19.2 Å². The summed E-state index contributed by atoms with van der Waals surface area (Å²) in [6, 6.07) is 5.60. The first-order valence-electron chi connectivity index (χ1n) is 5.73. The summed E-state index contributed by atoms with van der Waals surface area (Å²) in [4.78, 5) is 11.9. The second kappa shape index (κ2) is 4.46. The summed E-state index contributed by atoms with van der Waals surface area (Å²) < 4.78 is 0. The van der Waals surface area contributed by atoms with Gasteiger partial charge in [0.2, 0.25) is 5.91 Å². The minimum absolute atomic E-state index is 0.0337. The van der Waals surface area contributed by atoms with E-state index >= 15 is 0 Å². The molecule has 0 saturated heterocycles. The van der Waals surface area contributed by atoms with Gasteiger partial charge in [-0.3, -0.25) is 4.79 Å². The highest BCUT2D eigenvalue weighted by atomic mass is 35.5. The van der Waals surface area contributed by atoms with Crippen molar-refractivity contribution in [1.29, 1.82) is 0 Å². The first-order chi connectivity index (χ1) is 7.63. The minimum atomic E-state index is -0.0337. The predicted molar refractivity (Wildman–Crippen MR) is 66.9 cm³/mol. The van der Waals surface area contributed by atoms with Crippen molar-refractivity contribution in [2.45, 2.75) is 32.6 Å². The summed E-state index contributed by atoms with van der Waals surface area (Å²) in [6.07, 6.45) is 2.16. The molecular weight excluding hydrogens is 222 g/mol. The molecule has 1 aromatic carbocycles. The lowest BCUT2D eigenvalue weighted by atomic mass is 9.85. The standard InChI is InChI=1S/C13H16ClNO/c1-3-4-8(2)12-10-7-9(14)5-6-11(10)15-13(12)16/h5-8,12H,3-4H2,1-2H3,(H,15,16). The Morgan fingerprint density at radius 1 is 1.50 bits per heavy atom. The van der Waals surface area contributed by atoms with Gasteiger partial charge in [0.1, 0.15) is 0 Å². The second-order valence-electron chi connectivity index (χ2n) is 4.46. The van der Waals surface area contributed by atoms with Crippen LogP contribution in [0.1, 0.15) is 38.2 Å². The maximum atomic E-state index is 11.9. The number of fused-ring (bicyclic) bond motifs is 1. The fourth-order valence-electron chi connectivity index (χ4n) is 2.44. The van der Waals surface area contributed by atoms with Crippen molar-refractivity contribution in [2.24, 2.45) is 5.92 Å². The number of hydrogen-bond acceptors (Lipinski definition) is 1. The van der Waals surface area contributed by atoms with E-state index in [1.807, 2.05) is 18.2 Å². The third-order valence-corrected chi connectivity index (χ3v) is 3.44. The molecule has 1 heterocycles. The number of hydrogen-bond donors (Lipinski definition) is 1. The number of carbonyl (C=O) groups is 1. The fraction of sp³-hybridized carbons (Fsp3) is 0.462. The van der Waals surface area contributed by atoms with Crippen LogP contribution in [0.4, 0.5) is 5.69 Å². The fourth-order valence-corrected chi connectivity index (χ4v) is 2.62. The molecule has 2 atom stereocenters. The third-order valence-electron chi connectivity index (χ3n) is 3.20. The van der Waals surface area contributed by atoms with Crippen LogP contribution in [0.3, 0.4) is 0 Å². The monoisotopic (exact) mass is 237 g/mol. The molecule has 2 rings (SSSR count). The number of nitrogens with one attached hydrogen (secondary N) is 1. The topological polar surface area (TPSA) is 29.1 Å². The van der Waals surface area contributed by atoms with Gasteiger partial charge in [0, 0.05) is 10.7 Å². The van der Waals surface area contributed by atoms with Gasteiger partial charge in [-0.15, -0.1) is 0 Å². The molecule has 0 spiro atoms. The van der Waals surface area contributed by atoms with Crippen molar-refractivity contribution < 1.29 is 4.79 Å². The molecule has 2 nitrogen and oxygen atoms in total. The van der Waals surface area contributed by atoms with Crippen molar-refractivity contribution in [3.05, 3.63) is 28.8 Å². The molecule has 0 bridgehead atoms. The van der Waals surface area contributed by atoms with E-state index in [1.165, 1.54) is 0 Å². The Kier molecular flexibility index (Phi) is 3.20. The van der Waals surface area contributed by atoms with Crippen LogP contribution in [0.2, 0.25) is 5.02 Å². The van der Waals surface area contributed by atoms with Gasteiger partial charge in [-0.2, -0.15) is 0 Å². The van der Waals surface area contributed by atoms with Gasteiger partial charge in [-0.1, -0.05) is 31.9 Å². The largest absolute Gasteiger partial charge is 0.325 e. The highest BCUT2D eigenvalue weighted by Crippen LogP contribution is 2.40. The maximum Gasteiger partial charge on any atom is 0.232 e. The van der Waals surface area contributed by atoms with E-state index in [4.69, 9.17) is 11.6 Å². The molecule has 86 valence electrons. The minimum Gasteiger partial charge on any atom is -0.325 e. The number of rotatable bonds is 3. The number of amides is 1. The Hall–Kier alpha value is -1.02. The average molecular weight is 238 g/mol. The van der Waals surface area contributed by atoms with Crippen LogP contribution in [0.5, 0.6) is 0 Å². The van der Waals surface area contributed by atoms with E-state index in [9.17, 15) is 4.79 Å². The van der Waals surface area contributed by atoms with Gasteiger partial charge >= 0.3 is 0 Å². The molecule has 2 unspecified atom stereocenters. The summed E-state index contributed by atoms with van der Waals surface area (Å²) in [7, 11) is 0. The second-order valence-corrected chi connectivity index (χ2v) is 4.90. The van der Waals surface area contributed by atoms with E-state index in [0.29, 0.717) is 10.9 Å². The molecule has 0 aliphatic carbocycles. The SMILES string of the molecule is CCCC(C)C1C(=O)Nc2ccc(Cl)cc21. The summed E-state index contributed by atoms with van der Waals surface area (Å²) in [5.74, 6) is 0.441. The molecule has 0 fully saturated rings. The third kappa shape index (κ3) is 1.94. The molecule has 1 aliphatic heterocycles. The lowest BCUT2D eigenvalue weighted by molar-refractivity contribution is -0.118. The Labute approximate surface area is 101 Å². The normalized spacial score (nSPS) is 20.4. The van der Waals surface area contributed by atoms with Gasteiger partial charge in [0.25, 0.3) is 0 Å². The van der Waals surface area contributed by atoms with Crippen LogP contribution in [0, 0.1) is 5.92 Å². The maximum absolute atomic E-state index is 11.9. The Morgan fingerprint density at radius 2 is 2.25 bits per heavy atom. The molecule has 1 aromatic rings. The molecule has 0 aromatic heterocycles. The number of carbonyl (C=O) groups excluding carboxylic acids is 1. The first kappa shape index (κ1) is 11.5. The molecule has 1 aliphatic rings. The molecule has 0 radical (unpaired) electrons. The smallest absolute Gasteiger partial charge is 0.232 e. The van der Waals surface area contributed by atoms with Crippen LogP contribution in [0.25, 0.3) is 0 Å². The van der Waals surface area contributed by atoms with Crippen molar-refractivity contribution in [3.8, 4) is 0 Å². The number of anilines is 1. The average Bonchev–Trinajstić information content (AvgIpc) is 2.53. The van der Waals surface area contributed by atoms with Gasteiger partial charge in [0.15, 0.2) is 0 Å². The summed E-state index contributed by atoms with van der Waals surface area (Å²) in [6.45, 7) is 4.27. The van der Waals surface area contributed by atoms with Gasteiger partial charge in [0.05, 0.1) is 5.92 Å². The Bertz CT molecular complexity index is 416. The van der Waals surface area contributed by atoms with E-state index < -0.39 is 0 Å². The number of benzene rings is 1. The van der Waals surface area contributed by atoms with E-state index in [0.717, 1.165) is 24.1 Å². The van der Waals surface area contributed by atoms with Crippen LogP contribution in [0.15, 0.2) is 18.2 Å².